The lowest BCUT2D eigenvalue weighted by Crippen LogP contribution is -2.64. The van der Waals surface area contributed by atoms with Gasteiger partial charge in [-0.3, -0.25) is 5.32 Å². The fraction of sp³-hybridized carbons (Fsp3) is 0.429. The van der Waals surface area contributed by atoms with Gasteiger partial charge in [0.15, 0.2) is 0 Å². The van der Waals surface area contributed by atoms with E-state index in [1.807, 2.05) is 0 Å². The summed E-state index contributed by atoms with van der Waals surface area (Å²) in [5, 5.41) is 7.60. The van der Waals surface area contributed by atoms with E-state index < -0.39 is 0 Å². The molecule has 0 unspecified atom stereocenters. The molecule has 0 aromatic heterocycles. The predicted octanol–water partition coefficient (Wildman–Crippen LogP) is 2.60. The number of ether oxygens (including phenoxy) is 1. The van der Waals surface area contributed by atoms with Gasteiger partial charge in [0.2, 0.25) is 0 Å². The monoisotopic (exact) mass is 335 g/mol. The van der Waals surface area contributed by atoms with Crippen LogP contribution in [0.2, 0.25) is 0 Å². The molecule has 4 nitrogen and oxygen atoms in total. The Hall–Kier alpha value is -1.88. The molecule has 0 amide bonds. The van der Waals surface area contributed by atoms with Gasteiger partial charge in [-0.15, -0.1) is 0 Å². The lowest BCUT2D eigenvalue weighted by molar-refractivity contribution is 0.123. The van der Waals surface area contributed by atoms with Crippen molar-refractivity contribution in [2.45, 2.75) is 31.2 Å². The lowest BCUT2D eigenvalue weighted by atomic mass is 9.83. The Bertz CT molecular complexity index is 763. The summed E-state index contributed by atoms with van der Waals surface area (Å²) in [5.41, 5.74) is 5.58. The van der Waals surface area contributed by atoms with Gasteiger partial charge in [0, 0.05) is 36.8 Å². The number of hydrogen-bond donors (Lipinski definition) is 2. The second kappa shape index (κ2) is 6.13. The van der Waals surface area contributed by atoms with Gasteiger partial charge in [0.1, 0.15) is 5.66 Å². The van der Waals surface area contributed by atoms with Crippen LogP contribution < -0.4 is 15.5 Å². The summed E-state index contributed by atoms with van der Waals surface area (Å²) < 4.78 is 5.88. The normalized spacial score (nSPS) is 27.5. The number of rotatable bonds is 3. The van der Waals surface area contributed by atoms with Gasteiger partial charge < -0.3 is 15.0 Å². The highest BCUT2D eigenvalue weighted by molar-refractivity contribution is 5.69. The molecule has 0 radical (unpaired) electrons. The van der Waals surface area contributed by atoms with Crippen molar-refractivity contribution in [2.75, 3.05) is 31.1 Å². The molecule has 2 atom stereocenters. The molecule has 3 aliphatic heterocycles. The second-order valence-electron chi connectivity index (χ2n) is 7.33. The van der Waals surface area contributed by atoms with Crippen molar-refractivity contribution < 1.29 is 4.74 Å². The Morgan fingerprint density at radius 1 is 1.16 bits per heavy atom. The van der Waals surface area contributed by atoms with E-state index in [0.717, 1.165) is 45.8 Å². The third kappa shape index (κ3) is 2.40. The summed E-state index contributed by atoms with van der Waals surface area (Å²) in [4.78, 5) is 2.62. The van der Waals surface area contributed by atoms with Crippen molar-refractivity contribution in [1.82, 2.24) is 10.6 Å². The molecule has 2 aromatic carbocycles. The number of benzene rings is 2. The molecule has 0 bridgehead atoms. The highest BCUT2D eigenvalue weighted by Gasteiger charge is 2.53. The van der Waals surface area contributed by atoms with Gasteiger partial charge >= 0.3 is 0 Å². The minimum atomic E-state index is -0.00672. The smallest absolute Gasteiger partial charge is 0.101 e. The number of nitrogens with zero attached hydrogens (tertiary/aromatic N) is 1. The Kier molecular flexibility index (Phi) is 3.77. The van der Waals surface area contributed by atoms with Crippen molar-refractivity contribution in [2.24, 2.45) is 0 Å². The fourth-order valence-electron chi connectivity index (χ4n) is 4.90. The minimum absolute atomic E-state index is 0.00672. The van der Waals surface area contributed by atoms with Gasteiger partial charge in [-0.2, -0.15) is 0 Å². The average molecular weight is 335 g/mol. The molecule has 0 saturated carbocycles. The molecule has 2 aromatic rings. The molecule has 4 heteroatoms. The van der Waals surface area contributed by atoms with Crippen molar-refractivity contribution in [3.8, 4) is 0 Å². The van der Waals surface area contributed by atoms with E-state index in [4.69, 9.17) is 4.74 Å². The quantitative estimate of drug-likeness (QED) is 0.904. The van der Waals surface area contributed by atoms with Crippen LogP contribution in [0.1, 0.15) is 29.0 Å². The summed E-state index contributed by atoms with van der Waals surface area (Å²) >= 11 is 0. The molecule has 0 spiro atoms. The van der Waals surface area contributed by atoms with Gasteiger partial charge in [-0.05, 0) is 24.1 Å². The standard InChI is InChI=1S/C21H25N3O/c1-2-5-16(6-3-1)13-23-21-9-10-22-14-19(21)18-8-4-7-17-15-25-12-11-24(21)20(17)18/h1-8,19,22-23H,9-15H2/t19-,21-/m0/s1. The summed E-state index contributed by atoms with van der Waals surface area (Å²) in [5.74, 6) is 0.484. The van der Waals surface area contributed by atoms with Crippen LogP contribution in [0.4, 0.5) is 5.69 Å². The van der Waals surface area contributed by atoms with Crippen LogP contribution in [-0.2, 0) is 17.9 Å². The van der Waals surface area contributed by atoms with E-state index in [2.05, 4.69) is 64.1 Å². The molecule has 2 N–H and O–H groups in total. The molecule has 25 heavy (non-hydrogen) atoms. The van der Waals surface area contributed by atoms with Crippen LogP contribution in [0.15, 0.2) is 48.5 Å². The average Bonchev–Trinajstić information content (AvgIpc) is 2.79. The van der Waals surface area contributed by atoms with Gasteiger partial charge in [0.05, 0.1) is 13.2 Å². The van der Waals surface area contributed by atoms with Gasteiger partial charge in [-0.1, -0.05) is 48.5 Å². The molecule has 130 valence electrons. The van der Waals surface area contributed by atoms with Crippen LogP contribution in [-0.4, -0.2) is 31.9 Å². The first-order valence-corrected chi connectivity index (χ1v) is 9.35. The summed E-state index contributed by atoms with van der Waals surface area (Å²) in [6.45, 7) is 5.48. The maximum Gasteiger partial charge on any atom is 0.101 e. The fourth-order valence-corrected chi connectivity index (χ4v) is 4.90. The first-order chi connectivity index (χ1) is 12.4. The Morgan fingerprint density at radius 3 is 3.00 bits per heavy atom. The maximum absolute atomic E-state index is 5.88. The molecular weight excluding hydrogens is 310 g/mol. The third-order valence-corrected chi connectivity index (χ3v) is 6.04. The van der Waals surface area contributed by atoms with E-state index in [9.17, 15) is 0 Å². The van der Waals surface area contributed by atoms with Gasteiger partial charge in [0.25, 0.3) is 0 Å². The lowest BCUT2D eigenvalue weighted by Gasteiger charge is -2.47. The Morgan fingerprint density at radius 2 is 2.08 bits per heavy atom. The zero-order valence-electron chi connectivity index (χ0n) is 14.5. The number of piperidine rings is 1. The molecule has 1 saturated heterocycles. The van der Waals surface area contributed by atoms with Crippen molar-refractivity contribution in [1.29, 1.82) is 0 Å². The Labute approximate surface area is 149 Å². The summed E-state index contributed by atoms with van der Waals surface area (Å²) in [7, 11) is 0. The predicted molar refractivity (Wildman–Crippen MR) is 99.7 cm³/mol. The number of fused-ring (bicyclic) bond motifs is 3. The highest BCUT2D eigenvalue weighted by atomic mass is 16.5. The van der Waals surface area contributed by atoms with E-state index in [1.54, 1.807) is 0 Å². The molecule has 5 rings (SSSR count). The summed E-state index contributed by atoms with van der Waals surface area (Å²) in [6, 6.07) is 17.5. The topological polar surface area (TPSA) is 36.5 Å². The number of hydrogen-bond acceptors (Lipinski definition) is 4. The Balaban J connectivity index is 1.55. The largest absolute Gasteiger partial charge is 0.375 e. The van der Waals surface area contributed by atoms with Crippen LogP contribution >= 0.6 is 0 Å². The zero-order chi connectivity index (χ0) is 16.7. The molecule has 3 aliphatic rings. The molecule has 3 heterocycles. The van der Waals surface area contributed by atoms with Gasteiger partial charge in [-0.25, -0.2) is 0 Å². The number of anilines is 1. The highest BCUT2D eigenvalue weighted by Crippen LogP contribution is 2.51. The first kappa shape index (κ1) is 15.4. The molecule has 0 aliphatic carbocycles. The van der Waals surface area contributed by atoms with E-state index in [-0.39, 0.29) is 5.66 Å². The van der Waals surface area contributed by atoms with Crippen LogP contribution in [0.5, 0.6) is 0 Å². The molecule has 1 fully saturated rings. The maximum atomic E-state index is 5.88. The van der Waals surface area contributed by atoms with E-state index in [0.29, 0.717) is 5.92 Å². The van der Waals surface area contributed by atoms with Crippen molar-refractivity contribution in [3.05, 3.63) is 65.2 Å². The van der Waals surface area contributed by atoms with Crippen LogP contribution in [0.25, 0.3) is 0 Å². The summed E-state index contributed by atoms with van der Waals surface area (Å²) in [6.07, 6.45) is 1.11. The van der Waals surface area contributed by atoms with E-state index >= 15 is 0 Å². The first-order valence-electron chi connectivity index (χ1n) is 9.35. The van der Waals surface area contributed by atoms with Crippen molar-refractivity contribution in [3.63, 3.8) is 0 Å². The number of nitrogens with one attached hydrogen (secondary N) is 2. The second-order valence-corrected chi connectivity index (χ2v) is 7.33. The SMILES string of the molecule is c1ccc(CN[C@]23CCNC[C@H]2c2cccc4c2N3CCOC4)cc1. The van der Waals surface area contributed by atoms with Crippen molar-refractivity contribution >= 4 is 5.69 Å². The number of para-hydroxylation sites is 1. The van der Waals surface area contributed by atoms with Crippen LogP contribution in [0, 0.1) is 0 Å². The van der Waals surface area contributed by atoms with E-state index in [1.165, 1.54) is 22.4 Å². The van der Waals surface area contributed by atoms with Crippen LogP contribution in [0.3, 0.4) is 0 Å². The minimum Gasteiger partial charge on any atom is -0.375 e. The zero-order valence-corrected chi connectivity index (χ0v) is 14.5. The molecular formula is C21H25N3O. The third-order valence-electron chi connectivity index (χ3n) is 6.04.